The maximum absolute atomic E-state index is 13.1. The first-order valence-electron chi connectivity index (χ1n) is 8.87. The summed E-state index contributed by atoms with van der Waals surface area (Å²) in [5.74, 6) is 0.204. The van der Waals surface area contributed by atoms with Crippen molar-refractivity contribution < 1.29 is 9.59 Å². The Morgan fingerprint density at radius 3 is 2.72 bits per heavy atom. The van der Waals surface area contributed by atoms with Gasteiger partial charge >= 0.3 is 0 Å². The van der Waals surface area contributed by atoms with Crippen LogP contribution in [0.5, 0.6) is 0 Å². The van der Waals surface area contributed by atoms with Crippen molar-refractivity contribution >= 4 is 23.6 Å². The number of hydrogen-bond acceptors (Lipinski definition) is 3. The molecule has 3 saturated heterocycles. The van der Waals surface area contributed by atoms with Crippen LogP contribution >= 0.6 is 11.8 Å². The Labute approximate surface area is 154 Å². The lowest BCUT2D eigenvalue weighted by molar-refractivity contribution is -0.139. The highest BCUT2D eigenvalue weighted by Gasteiger charge is 2.41. The highest BCUT2D eigenvalue weighted by Crippen LogP contribution is 2.31. The van der Waals surface area contributed by atoms with Crippen LogP contribution in [-0.2, 0) is 4.79 Å². The van der Waals surface area contributed by atoms with Crippen LogP contribution in [-0.4, -0.2) is 53.5 Å². The molecule has 1 aromatic rings. The number of amides is 2. The third-order valence-electron chi connectivity index (χ3n) is 5.11. The molecule has 0 unspecified atom stereocenters. The number of piperidine rings is 1. The standard InChI is InChI=1S/C20H26N2O2S/c1-14(2)10-11-22-16-9-8-15(19(22)23)12-21(13-16)20(24)17-6-4-5-7-18(17)25-3/h4-7,10,15-16H,8-9,11-13H2,1-3H3/t15-,16+/m1/s1. The number of thioether (sulfide) groups is 1. The second-order valence-corrected chi connectivity index (χ2v) is 7.96. The van der Waals surface area contributed by atoms with Crippen LogP contribution in [0.15, 0.2) is 40.8 Å². The summed E-state index contributed by atoms with van der Waals surface area (Å²) in [5, 5.41) is 0. The summed E-state index contributed by atoms with van der Waals surface area (Å²) in [6.07, 6.45) is 5.97. The molecule has 3 heterocycles. The SMILES string of the molecule is CSc1ccccc1C(=O)N1C[C@H]2CC[C@@H](C1)N(CC=C(C)C)C2=O. The minimum Gasteiger partial charge on any atom is -0.336 e. The van der Waals surface area contributed by atoms with E-state index in [0.29, 0.717) is 19.6 Å². The molecule has 0 aliphatic carbocycles. The van der Waals surface area contributed by atoms with E-state index in [1.54, 1.807) is 11.8 Å². The normalized spacial score (nSPS) is 22.8. The van der Waals surface area contributed by atoms with Gasteiger partial charge in [-0.3, -0.25) is 9.59 Å². The van der Waals surface area contributed by atoms with E-state index in [1.807, 2.05) is 40.3 Å². The van der Waals surface area contributed by atoms with Crippen molar-refractivity contribution in [2.24, 2.45) is 5.92 Å². The van der Waals surface area contributed by atoms with E-state index in [0.717, 1.165) is 23.3 Å². The summed E-state index contributed by atoms with van der Waals surface area (Å²) in [7, 11) is 0. The van der Waals surface area contributed by atoms with Gasteiger partial charge in [-0.25, -0.2) is 0 Å². The molecule has 2 bridgehead atoms. The number of fused-ring (bicyclic) bond motifs is 4. The monoisotopic (exact) mass is 358 g/mol. The Morgan fingerprint density at radius 2 is 2.00 bits per heavy atom. The lowest BCUT2D eigenvalue weighted by Crippen LogP contribution is -2.48. The molecule has 4 nitrogen and oxygen atoms in total. The molecule has 2 atom stereocenters. The summed E-state index contributed by atoms with van der Waals surface area (Å²) in [4.78, 5) is 30.8. The van der Waals surface area contributed by atoms with E-state index >= 15 is 0 Å². The molecular weight excluding hydrogens is 332 g/mol. The maximum Gasteiger partial charge on any atom is 0.255 e. The molecule has 3 aliphatic rings. The fourth-order valence-corrected chi connectivity index (χ4v) is 4.31. The van der Waals surface area contributed by atoms with E-state index in [4.69, 9.17) is 0 Å². The first-order chi connectivity index (χ1) is 12.0. The summed E-state index contributed by atoms with van der Waals surface area (Å²) in [6.45, 7) is 5.94. The lowest BCUT2D eigenvalue weighted by atomic mass is 9.94. The van der Waals surface area contributed by atoms with Crippen LogP contribution in [0.3, 0.4) is 0 Å². The molecule has 0 N–H and O–H groups in total. The average Bonchev–Trinajstić information content (AvgIpc) is 2.90. The molecule has 134 valence electrons. The second-order valence-electron chi connectivity index (χ2n) is 7.11. The molecule has 0 aromatic heterocycles. The lowest BCUT2D eigenvalue weighted by Gasteiger charge is -2.35. The van der Waals surface area contributed by atoms with Gasteiger partial charge in [-0.05, 0) is 45.1 Å². The zero-order valence-electron chi connectivity index (χ0n) is 15.2. The van der Waals surface area contributed by atoms with E-state index in [9.17, 15) is 9.59 Å². The molecule has 4 rings (SSSR count). The summed E-state index contributed by atoms with van der Waals surface area (Å²) < 4.78 is 0. The highest BCUT2D eigenvalue weighted by molar-refractivity contribution is 7.98. The van der Waals surface area contributed by atoms with Gasteiger partial charge in [0.15, 0.2) is 0 Å². The summed E-state index contributed by atoms with van der Waals surface area (Å²) in [6, 6.07) is 7.87. The number of allylic oxidation sites excluding steroid dienone is 1. The minimum absolute atomic E-state index is 0.0544. The number of nitrogens with zero attached hydrogens (tertiary/aromatic N) is 2. The molecule has 3 aliphatic heterocycles. The van der Waals surface area contributed by atoms with Crippen molar-refractivity contribution in [1.82, 2.24) is 9.80 Å². The van der Waals surface area contributed by atoms with Crippen LogP contribution in [0, 0.1) is 5.92 Å². The zero-order valence-corrected chi connectivity index (χ0v) is 16.0. The van der Waals surface area contributed by atoms with Crippen molar-refractivity contribution in [3.05, 3.63) is 41.5 Å². The van der Waals surface area contributed by atoms with Gasteiger partial charge in [0.1, 0.15) is 0 Å². The molecule has 25 heavy (non-hydrogen) atoms. The fraction of sp³-hybridized carbons (Fsp3) is 0.500. The van der Waals surface area contributed by atoms with Crippen molar-refractivity contribution in [2.75, 3.05) is 25.9 Å². The quantitative estimate of drug-likeness (QED) is 0.611. The Hall–Kier alpha value is -1.75. The predicted molar refractivity (Wildman–Crippen MR) is 102 cm³/mol. The third kappa shape index (κ3) is 3.76. The third-order valence-corrected chi connectivity index (χ3v) is 5.91. The van der Waals surface area contributed by atoms with Crippen LogP contribution < -0.4 is 0 Å². The smallest absolute Gasteiger partial charge is 0.255 e. The van der Waals surface area contributed by atoms with Gasteiger partial charge in [-0.1, -0.05) is 23.8 Å². The largest absolute Gasteiger partial charge is 0.336 e. The number of hydrogen-bond donors (Lipinski definition) is 0. The van der Waals surface area contributed by atoms with Crippen LogP contribution in [0.1, 0.15) is 37.0 Å². The van der Waals surface area contributed by atoms with Crippen molar-refractivity contribution in [1.29, 1.82) is 0 Å². The number of carbonyl (C=O) groups is 2. The maximum atomic E-state index is 13.1. The Kier molecular flexibility index (Phi) is 5.52. The highest BCUT2D eigenvalue weighted by atomic mass is 32.2. The fourth-order valence-electron chi connectivity index (χ4n) is 3.72. The summed E-state index contributed by atoms with van der Waals surface area (Å²) >= 11 is 1.59. The first kappa shape index (κ1) is 18.1. The van der Waals surface area contributed by atoms with Gasteiger partial charge in [-0.2, -0.15) is 0 Å². The molecular formula is C20H26N2O2S. The second kappa shape index (κ2) is 7.65. The molecule has 0 radical (unpaired) electrons. The van der Waals surface area contributed by atoms with Gasteiger partial charge in [-0.15, -0.1) is 11.8 Å². The molecule has 5 heteroatoms. The topological polar surface area (TPSA) is 40.6 Å². The van der Waals surface area contributed by atoms with Gasteiger partial charge in [0.05, 0.1) is 11.5 Å². The Balaban J connectivity index is 1.83. The van der Waals surface area contributed by atoms with Gasteiger partial charge in [0.25, 0.3) is 5.91 Å². The van der Waals surface area contributed by atoms with Gasteiger partial charge < -0.3 is 9.80 Å². The van der Waals surface area contributed by atoms with E-state index in [-0.39, 0.29) is 23.8 Å². The van der Waals surface area contributed by atoms with Gasteiger partial charge in [0.2, 0.25) is 5.91 Å². The van der Waals surface area contributed by atoms with E-state index < -0.39 is 0 Å². The van der Waals surface area contributed by atoms with Crippen LogP contribution in [0.4, 0.5) is 0 Å². The first-order valence-corrected chi connectivity index (χ1v) is 10.1. The zero-order chi connectivity index (χ0) is 18.0. The summed E-state index contributed by atoms with van der Waals surface area (Å²) in [5.41, 5.74) is 1.97. The van der Waals surface area contributed by atoms with Crippen molar-refractivity contribution in [3.8, 4) is 0 Å². The molecule has 0 saturated carbocycles. The average molecular weight is 359 g/mol. The molecule has 2 amide bonds. The van der Waals surface area contributed by atoms with Crippen LogP contribution in [0.25, 0.3) is 0 Å². The van der Waals surface area contributed by atoms with E-state index in [2.05, 4.69) is 19.9 Å². The minimum atomic E-state index is -0.0605. The van der Waals surface area contributed by atoms with Gasteiger partial charge in [0, 0.05) is 30.6 Å². The predicted octanol–water partition coefficient (Wildman–Crippen LogP) is 3.44. The number of rotatable bonds is 4. The number of carbonyl (C=O) groups excluding carboxylic acids is 2. The number of benzene rings is 1. The van der Waals surface area contributed by atoms with Crippen molar-refractivity contribution in [3.63, 3.8) is 0 Å². The Morgan fingerprint density at radius 1 is 1.24 bits per heavy atom. The molecule has 0 spiro atoms. The van der Waals surface area contributed by atoms with E-state index in [1.165, 1.54) is 5.57 Å². The Bertz CT molecular complexity index is 697. The molecule has 3 fully saturated rings. The van der Waals surface area contributed by atoms with Crippen molar-refractivity contribution in [2.45, 2.75) is 37.6 Å². The van der Waals surface area contributed by atoms with Crippen LogP contribution in [0.2, 0.25) is 0 Å². The molecule has 1 aromatic carbocycles.